The lowest BCUT2D eigenvalue weighted by Crippen LogP contribution is -1.95. The first kappa shape index (κ1) is 8.44. The SMILES string of the molecule is CCCn1cnc2ncnc(Cl)c21. The van der Waals surface area contributed by atoms with Crippen LogP contribution in [0.15, 0.2) is 12.7 Å². The molecule has 0 N–H and O–H groups in total. The summed E-state index contributed by atoms with van der Waals surface area (Å²) >= 11 is 5.93. The predicted octanol–water partition coefficient (Wildman–Crippen LogP) is 1.89. The smallest absolute Gasteiger partial charge is 0.182 e. The van der Waals surface area contributed by atoms with Crippen LogP contribution in [0.4, 0.5) is 0 Å². The van der Waals surface area contributed by atoms with Gasteiger partial charge >= 0.3 is 0 Å². The van der Waals surface area contributed by atoms with E-state index in [0.29, 0.717) is 10.8 Å². The minimum atomic E-state index is 0.468. The Morgan fingerprint density at radius 2 is 2.23 bits per heavy atom. The van der Waals surface area contributed by atoms with Crippen molar-refractivity contribution in [2.75, 3.05) is 0 Å². The van der Waals surface area contributed by atoms with Gasteiger partial charge in [-0.25, -0.2) is 15.0 Å². The van der Waals surface area contributed by atoms with Crippen LogP contribution in [0.25, 0.3) is 11.2 Å². The summed E-state index contributed by atoms with van der Waals surface area (Å²) in [5, 5.41) is 0.468. The van der Waals surface area contributed by atoms with Gasteiger partial charge in [0.05, 0.1) is 6.33 Å². The fourth-order valence-corrected chi connectivity index (χ4v) is 1.52. The van der Waals surface area contributed by atoms with E-state index in [-0.39, 0.29) is 0 Å². The molecule has 0 spiro atoms. The highest BCUT2D eigenvalue weighted by Crippen LogP contribution is 2.17. The molecule has 0 atom stereocenters. The lowest BCUT2D eigenvalue weighted by molar-refractivity contribution is 0.696. The van der Waals surface area contributed by atoms with Crippen LogP contribution in [0.1, 0.15) is 13.3 Å². The van der Waals surface area contributed by atoms with Crippen LogP contribution < -0.4 is 0 Å². The molecule has 0 fully saturated rings. The predicted molar refractivity (Wildman–Crippen MR) is 50.6 cm³/mol. The van der Waals surface area contributed by atoms with Crippen LogP contribution in [0.2, 0.25) is 5.15 Å². The molecule has 0 saturated heterocycles. The summed E-state index contributed by atoms with van der Waals surface area (Å²) in [5.74, 6) is 0. The van der Waals surface area contributed by atoms with Gasteiger partial charge in [0.15, 0.2) is 10.8 Å². The summed E-state index contributed by atoms with van der Waals surface area (Å²) in [7, 11) is 0. The van der Waals surface area contributed by atoms with Crippen LogP contribution in [0.5, 0.6) is 0 Å². The van der Waals surface area contributed by atoms with Crippen molar-refractivity contribution in [3.05, 3.63) is 17.8 Å². The number of halogens is 1. The number of aromatic nitrogens is 4. The summed E-state index contributed by atoms with van der Waals surface area (Å²) in [5.41, 5.74) is 1.49. The Bertz CT molecular complexity index is 423. The van der Waals surface area contributed by atoms with E-state index in [1.165, 1.54) is 6.33 Å². The molecule has 0 aliphatic carbocycles. The zero-order valence-corrected chi connectivity index (χ0v) is 7.99. The fourth-order valence-electron chi connectivity index (χ4n) is 1.28. The molecule has 0 aliphatic heterocycles. The summed E-state index contributed by atoms with van der Waals surface area (Å²) < 4.78 is 1.97. The third-order valence-corrected chi connectivity index (χ3v) is 2.11. The van der Waals surface area contributed by atoms with Gasteiger partial charge in [-0.15, -0.1) is 0 Å². The number of aryl methyl sites for hydroxylation is 1. The first-order chi connectivity index (χ1) is 6.33. The second kappa shape index (κ2) is 3.30. The Hall–Kier alpha value is -1.16. The molecule has 0 amide bonds. The number of nitrogens with zero attached hydrogens (tertiary/aromatic N) is 4. The monoisotopic (exact) mass is 196 g/mol. The first-order valence-corrected chi connectivity index (χ1v) is 4.52. The van der Waals surface area contributed by atoms with E-state index >= 15 is 0 Å². The van der Waals surface area contributed by atoms with Gasteiger partial charge < -0.3 is 4.57 Å². The van der Waals surface area contributed by atoms with E-state index in [4.69, 9.17) is 11.6 Å². The van der Waals surface area contributed by atoms with Gasteiger partial charge in [-0.1, -0.05) is 18.5 Å². The molecule has 0 aromatic carbocycles. The van der Waals surface area contributed by atoms with Gasteiger partial charge in [0.25, 0.3) is 0 Å². The van der Waals surface area contributed by atoms with Gasteiger partial charge in [-0.3, -0.25) is 0 Å². The Labute approximate surface area is 80.6 Å². The molecule has 2 aromatic heterocycles. The lowest BCUT2D eigenvalue weighted by atomic mass is 10.4. The van der Waals surface area contributed by atoms with Crippen LogP contribution in [0, 0.1) is 0 Å². The average molecular weight is 197 g/mol. The van der Waals surface area contributed by atoms with Gasteiger partial charge in [-0.2, -0.15) is 0 Å². The number of imidazole rings is 1. The van der Waals surface area contributed by atoms with Crippen molar-refractivity contribution in [1.29, 1.82) is 0 Å². The Morgan fingerprint density at radius 3 is 3.00 bits per heavy atom. The van der Waals surface area contributed by atoms with Crippen LogP contribution in [-0.4, -0.2) is 19.5 Å². The van der Waals surface area contributed by atoms with Crippen molar-refractivity contribution in [3.63, 3.8) is 0 Å². The number of rotatable bonds is 2. The zero-order valence-electron chi connectivity index (χ0n) is 7.24. The fraction of sp³-hybridized carbons (Fsp3) is 0.375. The zero-order chi connectivity index (χ0) is 9.26. The van der Waals surface area contributed by atoms with Crippen molar-refractivity contribution >= 4 is 22.8 Å². The van der Waals surface area contributed by atoms with E-state index in [2.05, 4.69) is 21.9 Å². The molecular weight excluding hydrogens is 188 g/mol. The van der Waals surface area contributed by atoms with E-state index < -0.39 is 0 Å². The van der Waals surface area contributed by atoms with Crippen molar-refractivity contribution in [1.82, 2.24) is 19.5 Å². The van der Waals surface area contributed by atoms with Crippen LogP contribution in [-0.2, 0) is 6.54 Å². The van der Waals surface area contributed by atoms with E-state index in [0.717, 1.165) is 18.5 Å². The largest absolute Gasteiger partial charge is 0.327 e. The molecule has 0 radical (unpaired) electrons. The van der Waals surface area contributed by atoms with Gasteiger partial charge in [-0.05, 0) is 6.42 Å². The molecule has 13 heavy (non-hydrogen) atoms. The molecule has 2 heterocycles. The maximum Gasteiger partial charge on any atom is 0.182 e. The molecule has 68 valence electrons. The molecular formula is C8H9ClN4. The molecule has 0 aliphatic rings. The Balaban J connectivity index is 2.64. The third kappa shape index (κ3) is 1.37. The average Bonchev–Trinajstić information content (AvgIpc) is 2.51. The normalized spacial score (nSPS) is 10.9. The number of fused-ring (bicyclic) bond motifs is 1. The van der Waals surface area contributed by atoms with Crippen LogP contribution in [0.3, 0.4) is 0 Å². The van der Waals surface area contributed by atoms with Gasteiger partial charge in [0, 0.05) is 6.54 Å². The van der Waals surface area contributed by atoms with Crippen molar-refractivity contribution < 1.29 is 0 Å². The third-order valence-electron chi connectivity index (χ3n) is 1.83. The topological polar surface area (TPSA) is 43.6 Å². The molecule has 0 saturated carbocycles. The Morgan fingerprint density at radius 1 is 1.38 bits per heavy atom. The molecule has 4 nitrogen and oxygen atoms in total. The maximum absolute atomic E-state index is 5.93. The summed E-state index contributed by atoms with van der Waals surface area (Å²) in [6.07, 6.45) is 4.21. The number of hydrogen-bond acceptors (Lipinski definition) is 3. The highest BCUT2D eigenvalue weighted by atomic mass is 35.5. The molecule has 2 rings (SSSR count). The minimum Gasteiger partial charge on any atom is -0.327 e. The van der Waals surface area contributed by atoms with E-state index in [9.17, 15) is 0 Å². The summed E-state index contributed by atoms with van der Waals surface area (Å²) in [6, 6.07) is 0. The Kier molecular flexibility index (Phi) is 2.14. The second-order valence-electron chi connectivity index (χ2n) is 2.77. The minimum absolute atomic E-state index is 0.468. The highest BCUT2D eigenvalue weighted by molar-refractivity contribution is 6.33. The molecule has 0 bridgehead atoms. The maximum atomic E-state index is 5.93. The second-order valence-corrected chi connectivity index (χ2v) is 3.13. The highest BCUT2D eigenvalue weighted by Gasteiger charge is 2.07. The van der Waals surface area contributed by atoms with E-state index in [1.54, 1.807) is 6.33 Å². The summed E-state index contributed by atoms with van der Waals surface area (Å²) in [6.45, 7) is 2.99. The molecule has 0 unspecified atom stereocenters. The van der Waals surface area contributed by atoms with Crippen molar-refractivity contribution in [2.24, 2.45) is 0 Å². The van der Waals surface area contributed by atoms with Gasteiger partial charge in [0.1, 0.15) is 11.8 Å². The van der Waals surface area contributed by atoms with Crippen molar-refractivity contribution in [3.8, 4) is 0 Å². The quantitative estimate of drug-likeness (QED) is 0.689. The number of hydrogen-bond donors (Lipinski definition) is 0. The van der Waals surface area contributed by atoms with Gasteiger partial charge in [0.2, 0.25) is 0 Å². The lowest BCUT2D eigenvalue weighted by Gasteiger charge is -2.00. The summed E-state index contributed by atoms with van der Waals surface area (Å²) in [4.78, 5) is 12.1. The first-order valence-electron chi connectivity index (χ1n) is 4.14. The van der Waals surface area contributed by atoms with Crippen molar-refractivity contribution in [2.45, 2.75) is 19.9 Å². The standard InChI is InChI=1S/C8H9ClN4/c1-2-3-13-5-12-8-6(13)7(9)10-4-11-8/h4-5H,2-3H2,1H3. The molecule has 5 heteroatoms. The van der Waals surface area contributed by atoms with Crippen LogP contribution >= 0.6 is 11.6 Å². The molecule has 2 aromatic rings. The van der Waals surface area contributed by atoms with E-state index in [1.807, 2.05) is 4.57 Å².